The first-order chi connectivity index (χ1) is 6.99. The molecule has 1 rings (SSSR count). The van der Waals surface area contributed by atoms with E-state index in [-0.39, 0.29) is 12.6 Å². The van der Waals surface area contributed by atoms with Crippen LogP contribution in [0.5, 0.6) is 0 Å². The first kappa shape index (κ1) is 11.4. The Kier molecular flexibility index (Phi) is 3.18. The van der Waals surface area contributed by atoms with Gasteiger partial charge in [-0.3, -0.25) is 9.59 Å². The Balaban J connectivity index is 2.91. The lowest BCUT2D eigenvalue weighted by Crippen LogP contribution is -2.33. The molecular formula is C9H12N2O4. The van der Waals surface area contributed by atoms with E-state index in [1.54, 1.807) is 20.8 Å². The first-order valence-corrected chi connectivity index (χ1v) is 4.62. The molecule has 0 aromatic rings. The Bertz CT molecular complexity index is 346. The van der Waals surface area contributed by atoms with Gasteiger partial charge in [-0.25, -0.2) is 9.80 Å². The summed E-state index contributed by atoms with van der Waals surface area (Å²) in [6, 6.07) is -0.256. The Morgan fingerprint density at radius 1 is 1.47 bits per heavy atom. The predicted octanol–water partition coefficient (Wildman–Crippen LogP) is -0.275. The highest BCUT2D eigenvalue weighted by Crippen LogP contribution is 2.10. The van der Waals surface area contributed by atoms with Crippen LogP contribution < -0.4 is 0 Å². The lowest BCUT2D eigenvalue weighted by molar-refractivity contribution is -0.141. The van der Waals surface area contributed by atoms with Crippen LogP contribution >= 0.6 is 0 Å². The first-order valence-electron chi connectivity index (χ1n) is 4.62. The SMILES string of the molecule is CCOC(=O)C1=NN(C(C)C)C(=O)C1=O. The third kappa shape index (κ3) is 2.03. The van der Waals surface area contributed by atoms with Crippen molar-refractivity contribution in [2.24, 2.45) is 5.10 Å². The standard InChI is InChI=1S/C9H12N2O4/c1-4-15-9(14)6-7(12)8(13)11(10-6)5(2)3/h5H,4H2,1-3H3. The number of carbonyl (C=O) groups is 3. The number of rotatable bonds is 3. The smallest absolute Gasteiger partial charge is 0.363 e. The number of ether oxygens (including phenoxy) is 1. The fraction of sp³-hybridized carbons (Fsp3) is 0.556. The maximum absolute atomic E-state index is 11.3. The molecule has 0 aromatic carbocycles. The molecule has 0 aromatic heterocycles. The third-order valence-electron chi connectivity index (χ3n) is 1.78. The molecule has 0 radical (unpaired) electrons. The van der Waals surface area contributed by atoms with Gasteiger partial charge in [0.05, 0.1) is 12.6 Å². The molecule has 0 spiro atoms. The van der Waals surface area contributed by atoms with Crippen LogP contribution in [-0.2, 0) is 19.1 Å². The van der Waals surface area contributed by atoms with E-state index in [1.807, 2.05) is 0 Å². The number of esters is 1. The molecule has 0 saturated heterocycles. The maximum atomic E-state index is 11.3. The van der Waals surface area contributed by atoms with E-state index in [2.05, 4.69) is 9.84 Å². The van der Waals surface area contributed by atoms with E-state index in [9.17, 15) is 14.4 Å². The van der Waals surface area contributed by atoms with Crippen molar-refractivity contribution in [2.75, 3.05) is 6.61 Å². The van der Waals surface area contributed by atoms with Crippen LogP contribution in [0.25, 0.3) is 0 Å². The molecule has 6 nitrogen and oxygen atoms in total. The van der Waals surface area contributed by atoms with Crippen LogP contribution in [-0.4, -0.2) is 41.0 Å². The van der Waals surface area contributed by atoms with Gasteiger partial charge in [0.15, 0.2) is 0 Å². The number of ketones is 1. The zero-order chi connectivity index (χ0) is 11.6. The summed E-state index contributed by atoms with van der Waals surface area (Å²) in [7, 11) is 0. The molecule has 0 saturated carbocycles. The van der Waals surface area contributed by atoms with Crippen molar-refractivity contribution in [1.82, 2.24) is 5.01 Å². The predicted molar refractivity (Wildman–Crippen MR) is 51.1 cm³/mol. The molecule has 1 aliphatic heterocycles. The zero-order valence-electron chi connectivity index (χ0n) is 8.81. The molecule has 1 amide bonds. The fourth-order valence-corrected chi connectivity index (χ4v) is 1.09. The molecule has 0 aliphatic carbocycles. The lowest BCUT2D eigenvalue weighted by atomic mass is 10.2. The van der Waals surface area contributed by atoms with Crippen molar-refractivity contribution in [3.63, 3.8) is 0 Å². The summed E-state index contributed by atoms with van der Waals surface area (Å²) in [6.45, 7) is 5.15. The van der Waals surface area contributed by atoms with Crippen LogP contribution in [0.15, 0.2) is 5.10 Å². The average molecular weight is 212 g/mol. The summed E-state index contributed by atoms with van der Waals surface area (Å²) >= 11 is 0. The quantitative estimate of drug-likeness (QED) is 0.476. The second-order valence-electron chi connectivity index (χ2n) is 3.24. The van der Waals surface area contributed by atoms with Crippen molar-refractivity contribution >= 4 is 23.4 Å². The summed E-state index contributed by atoms with van der Waals surface area (Å²) < 4.78 is 4.60. The van der Waals surface area contributed by atoms with Crippen molar-refractivity contribution in [2.45, 2.75) is 26.8 Å². The second-order valence-corrected chi connectivity index (χ2v) is 3.24. The summed E-state index contributed by atoms with van der Waals surface area (Å²) in [5.74, 6) is -2.53. The second kappa shape index (κ2) is 4.20. The molecule has 1 heterocycles. The van der Waals surface area contributed by atoms with Crippen LogP contribution in [0.2, 0.25) is 0 Å². The molecule has 15 heavy (non-hydrogen) atoms. The molecule has 6 heteroatoms. The maximum Gasteiger partial charge on any atom is 0.363 e. The number of amides is 1. The van der Waals surface area contributed by atoms with Gasteiger partial charge in [-0.1, -0.05) is 0 Å². The Labute approximate surface area is 86.9 Å². The highest BCUT2D eigenvalue weighted by molar-refractivity contribution is 6.80. The lowest BCUT2D eigenvalue weighted by Gasteiger charge is -2.13. The number of hydrogen-bond acceptors (Lipinski definition) is 5. The van der Waals surface area contributed by atoms with Crippen LogP contribution in [0.1, 0.15) is 20.8 Å². The summed E-state index contributed by atoms with van der Waals surface area (Å²) in [5.41, 5.74) is -0.435. The minimum absolute atomic E-state index is 0.140. The van der Waals surface area contributed by atoms with Gasteiger partial charge in [-0.05, 0) is 20.8 Å². The fourth-order valence-electron chi connectivity index (χ4n) is 1.09. The van der Waals surface area contributed by atoms with Gasteiger partial charge < -0.3 is 4.74 Å². The number of hydrogen-bond donors (Lipinski definition) is 0. The number of carbonyl (C=O) groups excluding carboxylic acids is 3. The highest BCUT2D eigenvalue weighted by Gasteiger charge is 2.39. The molecular weight excluding hydrogens is 200 g/mol. The van der Waals surface area contributed by atoms with Crippen molar-refractivity contribution < 1.29 is 19.1 Å². The minimum Gasteiger partial charge on any atom is -0.461 e. The summed E-state index contributed by atoms with van der Waals surface area (Å²) in [4.78, 5) is 33.9. The van der Waals surface area contributed by atoms with Gasteiger partial charge in [0.25, 0.3) is 5.78 Å². The molecule has 0 fully saturated rings. The van der Waals surface area contributed by atoms with Crippen LogP contribution in [0.4, 0.5) is 0 Å². The van der Waals surface area contributed by atoms with E-state index in [4.69, 9.17) is 0 Å². The third-order valence-corrected chi connectivity index (χ3v) is 1.78. The summed E-state index contributed by atoms with van der Waals surface area (Å²) in [6.07, 6.45) is 0. The minimum atomic E-state index is -0.901. The molecule has 1 aliphatic rings. The van der Waals surface area contributed by atoms with Gasteiger partial charge in [-0.2, -0.15) is 5.10 Å². The van der Waals surface area contributed by atoms with Crippen molar-refractivity contribution in [1.29, 1.82) is 0 Å². The molecule has 82 valence electrons. The van der Waals surface area contributed by atoms with Crippen molar-refractivity contribution in [3.8, 4) is 0 Å². The normalized spacial score (nSPS) is 16.0. The van der Waals surface area contributed by atoms with E-state index < -0.39 is 23.4 Å². The van der Waals surface area contributed by atoms with Gasteiger partial charge in [0, 0.05) is 0 Å². The Hall–Kier alpha value is -1.72. The van der Waals surface area contributed by atoms with Gasteiger partial charge in [-0.15, -0.1) is 0 Å². The van der Waals surface area contributed by atoms with E-state index in [0.717, 1.165) is 5.01 Å². The van der Waals surface area contributed by atoms with Crippen LogP contribution in [0.3, 0.4) is 0 Å². The Morgan fingerprint density at radius 2 is 2.07 bits per heavy atom. The van der Waals surface area contributed by atoms with Gasteiger partial charge in [0.2, 0.25) is 5.71 Å². The Morgan fingerprint density at radius 3 is 2.47 bits per heavy atom. The van der Waals surface area contributed by atoms with Crippen LogP contribution in [0, 0.1) is 0 Å². The molecule has 0 atom stereocenters. The molecule has 0 unspecified atom stereocenters. The summed E-state index contributed by atoms with van der Waals surface area (Å²) in [5, 5.41) is 4.63. The highest BCUT2D eigenvalue weighted by atomic mass is 16.5. The van der Waals surface area contributed by atoms with Crippen molar-refractivity contribution in [3.05, 3.63) is 0 Å². The number of nitrogens with zero attached hydrogens (tertiary/aromatic N) is 2. The molecule has 0 N–H and O–H groups in total. The number of hydrazone groups is 1. The van der Waals surface area contributed by atoms with Gasteiger partial charge >= 0.3 is 11.9 Å². The topological polar surface area (TPSA) is 76.0 Å². The largest absolute Gasteiger partial charge is 0.461 e. The average Bonchev–Trinajstić information content (AvgIpc) is 2.45. The van der Waals surface area contributed by atoms with Gasteiger partial charge in [0.1, 0.15) is 0 Å². The zero-order valence-corrected chi connectivity index (χ0v) is 8.81. The number of Topliss-reactive ketones (excluding diaryl/α,β-unsaturated/α-hetero) is 1. The van der Waals surface area contributed by atoms with E-state index in [1.165, 1.54) is 0 Å². The van der Waals surface area contributed by atoms with E-state index >= 15 is 0 Å². The van der Waals surface area contributed by atoms with E-state index in [0.29, 0.717) is 0 Å². The molecule has 0 bridgehead atoms. The monoisotopic (exact) mass is 212 g/mol.